The molecule has 21 heavy (non-hydrogen) atoms. The highest BCUT2D eigenvalue weighted by Crippen LogP contribution is 2.41. The van der Waals surface area contributed by atoms with Gasteiger partial charge in [-0.25, -0.2) is 0 Å². The Morgan fingerprint density at radius 1 is 1.43 bits per heavy atom. The van der Waals surface area contributed by atoms with E-state index >= 15 is 0 Å². The smallest absolute Gasteiger partial charge is 0.227 e. The molecule has 0 fully saturated rings. The summed E-state index contributed by atoms with van der Waals surface area (Å²) >= 11 is 6.17. The summed E-state index contributed by atoms with van der Waals surface area (Å²) in [5.74, 6) is 0.113. The molecule has 1 aromatic heterocycles. The maximum atomic E-state index is 12.2. The van der Waals surface area contributed by atoms with Gasteiger partial charge in [-0.2, -0.15) is 5.10 Å². The first kappa shape index (κ1) is 14.1. The van der Waals surface area contributed by atoms with Crippen molar-refractivity contribution >= 4 is 23.2 Å². The number of amides is 1. The van der Waals surface area contributed by atoms with E-state index in [0.717, 1.165) is 22.5 Å². The van der Waals surface area contributed by atoms with E-state index in [-0.39, 0.29) is 11.9 Å². The predicted octanol–water partition coefficient (Wildman–Crippen LogP) is 4.04. The molecule has 0 radical (unpaired) electrons. The Bertz CT molecular complexity index is 706. The highest BCUT2D eigenvalue weighted by molar-refractivity contribution is 6.31. The van der Waals surface area contributed by atoms with Crippen molar-refractivity contribution in [1.29, 1.82) is 0 Å². The molecular formula is C16H18ClN3O. The third-order valence-electron chi connectivity index (χ3n) is 3.80. The zero-order chi connectivity index (χ0) is 15.1. The molecule has 5 heteroatoms. The van der Waals surface area contributed by atoms with Crippen LogP contribution < -0.4 is 4.90 Å². The Morgan fingerprint density at radius 2 is 2.19 bits per heavy atom. The lowest BCUT2D eigenvalue weighted by Crippen LogP contribution is -2.32. The van der Waals surface area contributed by atoms with Crippen LogP contribution in [0, 0.1) is 0 Å². The van der Waals surface area contributed by atoms with Crippen LogP contribution in [0.1, 0.15) is 38.8 Å². The number of hydrogen-bond acceptors (Lipinski definition) is 2. The molecule has 3 rings (SSSR count). The van der Waals surface area contributed by atoms with Crippen molar-refractivity contribution in [3.05, 3.63) is 35.0 Å². The molecule has 0 N–H and O–H groups in total. The SMILES string of the molecule is CCC(=O)N1Cc2cnn(C(C)C)c2-c2cc(Cl)ccc21. The Morgan fingerprint density at radius 3 is 2.86 bits per heavy atom. The van der Waals surface area contributed by atoms with Gasteiger partial charge in [0.2, 0.25) is 5.91 Å². The second-order valence-corrected chi connectivity index (χ2v) is 5.99. The zero-order valence-corrected chi connectivity index (χ0v) is 13.2. The van der Waals surface area contributed by atoms with E-state index < -0.39 is 0 Å². The maximum Gasteiger partial charge on any atom is 0.227 e. The molecule has 0 aliphatic carbocycles. The Kier molecular flexibility index (Phi) is 3.49. The van der Waals surface area contributed by atoms with Gasteiger partial charge in [-0.3, -0.25) is 9.48 Å². The summed E-state index contributed by atoms with van der Waals surface area (Å²) in [6.07, 6.45) is 2.34. The normalized spacial score (nSPS) is 13.3. The quantitative estimate of drug-likeness (QED) is 0.839. The maximum absolute atomic E-state index is 12.2. The molecule has 0 bridgehead atoms. The zero-order valence-electron chi connectivity index (χ0n) is 12.4. The van der Waals surface area contributed by atoms with Crippen molar-refractivity contribution in [3.8, 4) is 11.3 Å². The minimum atomic E-state index is 0.113. The van der Waals surface area contributed by atoms with Crippen LogP contribution in [-0.4, -0.2) is 15.7 Å². The number of hydrogen-bond donors (Lipinski definition) is 0. The van der Waals surface area contributed by atoms with Crippen LogP contribution in [0.4, 0.5) is 5.69 Å². The number of rotatable bonds is 2. The van der Waals surface area contributed by atoms with Crippen LogP contribution >= 0.6 is 11.6 Å². The van der Waals surface area contributed by atoms with Crippen molar-refractivity contribution in [2.45, 2.75) is 39.8 Å². The van der Waals surface area contributed by atoms with Crippen LogP contribution in [0.5, 0.6) is 0 Å². The lowest BCUT2D eigenvalue weighted by Gasteiger charge is -2.30. The first-order valence-electron chi connectivity index (χ1n) is 7.19. The average Bonchev–Trinajstić information content (AvgIpc) is 2.89. The molecule has 1 aromatic carbocycles. The molecular weight excluding hydrogens is 286 g/mol. The monoisotopic (exact) mass is 303 g/mol. The van der Waals surface area contributed by atoms with Gasteiger partial charge in [0.15, 0.2) is 0 Å². The Balaban J connectivity index is 2.23. The molecule has 2 heterocycles. The second kappa shape index (κ2) is 5.19. The van der Waals surface area contributed by atoms with E-state index in [2.05, 4.69) is 18.9 Å². The summed E-state index contributed by atoms with van der Waals surface area (Å²) < 4.78 is 2.00. The molecule has 0 atom stereocenters. The lowest BCUT2D eigenvalue weighted by atomic mass is 9.99. The van der Waals surface area contributed by atoms with E-state index in [4.69, 9.17) is 11.6 Å². The summed E-state index contributed by atoms with van der Waals surface area (Å²) in [7, 11) is 0. The van der Waals surface area contributed by atoms with Crippen molar-refractivity contribution in [2.75, 3.05) is 4.90 Å². The third kappa shape index (κ3) is 2.23. The fraction of sp³-hybridized carbons (Fsp3) is 0.375. The fourth-order valence-corrected chi connectivity index (χ4v) is 2.98. The minimum absolute atomic E-state index is 0.113. The highest BCUT2D eigenvalue weighted by Gasteiger charge is 2.29. The van der Waals surface area contributed by atoms with Crippen LogP contribution in [0.25, 0.3) is 11.3 Å². The molecule has 0 spiro atoms. The van der Waals surface area contributed by atoms with Crippen molar-refractivity contribution < 1.29 is 4.79 Å². The van der Waals surface area contributed by atoms with E-state index in [0.29, 0.717) is 18.0 Å². The molecule has 1 aliphatic heterocycles. The summed E-state index contributed by atoms with van der Waals surface area (Å²) in [6.45, 7) is 6.65. The van der Waals surface area contributed by atoms with Gasteiger partial charge in [0, 0.05) is 28.6 Å². The molecule has 0 saturated heterocycles. The summed E-state index contributed by atoms with van der Waals surface area (Å²) in [4.78, 5) is 14.1. The Labute approximate surface area is 129 Å². The van der Waals surface area contributed by atoms with Gasteiger partial charge in [0.1, 0.15) is 0 Å². The van der Waals surface area contributed by atoms with Crippen molar-refractivity contribution in [2.24, 2.45) is 0 Å². The molecule has 2 aromatic rings. The number of anilines is 1. The number of halogens is 1. The van der Waals surface area contributed by atoms with Crippen molar-refractivity contribution in [3.63, 3.8) is 0 Å². The third-order valence-corrected chi connectivity index (χ3v) is 4.03. The van der Waals surface area contributed by atoms with Gasteiger partial charge in [0.05, 0.1) is 24.1 Å². The molecule has 110 valence electrons. The standard InChI is InChI=1S/C16H18ClN3O/c1-4-15(21)19-9-11-8-18-20(10(2)3)16(11)13-7-12(17)5-6-14(13)19/h5-8,10H,4,9H2,1-3H3. The number of nitrogens with zero attached hydrogens (tertiary/aromatic N) is 3. The van der Waals surface area contributed by atoms with E-state index in [1.54, 1.807) is 0 Å². The first-order chi connectivity index (χ1) is 10.0. The number of aromatic nitrogens is 2. The molecule has 0 unspecified atom stereocenters. The number of fused-ring (bicyclic) bond motifs is 3. The van der Waals surface area contributed by atoms with Crippen LogP contribution in [0.15, 0.2) is 24.4 Å². The summed E-state index contributed by atoms with van der Waals surface area (Å²) in [5.41, 5.74) is 4.04. The fourth-order valence-electron chi connectivity index (χ4n) is 2.80. The highest BCUT2D eigenvalue weighted by atomic mass is 35.5. The minimum Gasteiger partial charge on any atom is -0.307 e. The topological polar surface area (TPSA) is 38.1 Å². The number of benzene rings is 1. The van der Waals surface area contributed by atoms with E-state index in [9.17, 15) is 4.79 Å². The van der Waals surface area contributed by atoms with Crippen LogP contribution in [-0.2, 0) is 11.3 Å². The molecule has 0 saturated carbocycles. The molecule has 4 nitrogen and oxygen atoms in total. The first-order valence-corrected chi connectivity index (χ1v) is 7.57. The van der Waals surface area contributed by atoms with Crippen LogP contribution in [0.2, 0.25) is 5.02 Å². The molecule has 1 amide bonds. The van der Waals surface area contributed by atoms with Gasteiger partial charge >= 0.3 is 0 Å². The van der Waals surface area contributed by atoms with Gasteiger partial charge in [-0.1, -0.05) is 18.5 Å². The van der Waals surface area contributed by atoms with Gasteiger partial charge < -0.3 is 4.90 Å². The van der Waals surface area contributed by atoms with Crippen molar-refractivity contribution in [1.82, 2.24) is 9.78 Å². The second-order valence-electron chi connectivity index (χ2n) is 5.55. The largest absolute Gasteiger partial charge is 0.307 e. The summed E-state index contributed by atoms with van der Waals surface area (Å²) in [5, 5.41) is 5.15. The lowest BCUT2D eigenvalue weighted by molar-refractivity contribution is -0.118. The number of carbonyl (C=O) groups is 1. The van der Waals surface area contributed by atoms with Crippen LogP contribution in [0.3, 0.4) is 0 Å². The van der Waals surface area contributed by atoms with Gasteiger partial charge in [-0.15, -0.1) is 0 Å². The van der Waals surface area contributed by atoms with Gasteiger partial charge in [0.25, 0.3) is 0 Å². The van der Waals surface area contributed by atoms with E-state index in [1.807, 2.05) is 40.9 Å². The van der Waals surface area contributed by atoms with E-state index in [1.165, 1.54) is 0 Å². The number of carbonyl (C=O) groups excluding carboxylic acids is 1. The predicted molar refractivity (Wildman–Crippen MR) is 84.5 cm³/mol. The molecule has 1 aliphatic rings. The Hall–Kier alpha value is -1.81. The van der Waals surface area contributed by atoms with Gasteiger partial charge in [-0.05, 0) is 32.0 Å². The summed E-state index contributed by atoms with van der Waals surface area (Å²) in [6, 6.07) is 5.93. The average molecular weight is 304 g/mol.